The number of nitrogens with zero attached hydrogens (tertiary/aromatic N) is 1. The minimum absolute atomic E-state index is 0.0761. The van der Waals surface area contributed by atoms with Gasteiger partial charge in [-0.1, -0.05) is 19.8 Å². The van der Waals surface area contributed by atoms with Crippen molar-refractivity contribution >= 4 is 6.29 Å². The quantitative estimate of drug-likeness (QED) is 0.721. The van der Waals surface area contributed by atoms with Crippen LogP contribution < -0.4 is 0 Å². The van der Waals surface area contributed by atoms with Crippen molar-refractivity contribution in [3.8, 4) is 0 Å². The molecule has 1 heterocycles. The summed E-state index contributed by atoms with van der Waals surface area (Å²) in [7, 11) is 1.80. The van der Waals surface area contributed by atoms with Crippen LogP contribution in [0.1, 0.15) is 45.4 Å². The van der Waals surface area contributed by atoms with Gasteiger partial charge in [0.2, 0.25) is 0 Å². The molecule has 1 saturated heterocycles. The number of piperidine rings is 1. The van der Waals surface area contributed by atoms with Crippen LogP contribution in [0, 0.1) is 11.3 Å². The molecule has 1 aliphatic carbocycles. The van der Waals surface area contributed by atoms with E-state index in [1.807, 2.05) is 0 Å². The van der Waals surface area contributed by atoms with E-state index in [4.69, 9.17) is 4.74 Å². The average molecular weight is 253 g/mol. The Morgan fingerprint density at radius 1 is 1.39 bits per heavy atom. The van der Waals surface area contributed by atoms with Crippen LogP contribution in [0.15, 0.2) is 0 Å². The molecule has 104 valence electrons. The Morgan fingerprint density at radius 3 is 2.89 bits per heavy atom. The molecule has 2 fully saturated rings. The standard InChI is InChI=1S/C15H27NO2/c1-13-5-3-7-15(9-13,12-17)11-16-8-4-6-14(10-16)18-2/h12-14H,3-11H2,1-2H3. The van der Waals surface area contributed by atoms with Gasteiger partial charge in [0, 0.05) is 25.6 Å². The zero-order valence-corrected chi connectivity index (χ0v) is 11.9. The summed E-state index contributed by atoms with van der Waals surface area (Å²) >= 11 is 0. The van der Waals surface area contributed by atoms with Gasteiger partial charge in [-0.25, -0.2) is 0 Å². The lowest BCUT2D eigenvalue weighted by Crippen LogP contribution is -2.47. The molecular weight excluding hydrogens is 226 g/mol. The molecule has 2 rings (SSSR count). The highest BCUT2D eigenvalue weighted by Gasteiger charge is 2.37. The van der Waals surface area contributed by atoms with Crippen molar-refractivity contribution in [2.75, 3.05) is 26.7 Å². The van der Waals surface area contributed by atoms with Gasteiger partial charge in [-0.2, -0.15) is 0 Å². The molecule has 0 aromatic rings. The molecule has 2 aliphatic rings. The molecule has 3 unspecified atom stereocenters. The molecule has 0 bridgehead atoms. The van der Waals surface area contributed by atoms with Crippen LogP contribution in [0.3, 0.4) is 0 Å². The fourth-order valence-corrected chi connectivity index (χ4v) is 3.78. The van der Waals surface area contributed by atoms with Crippen LogP contribution in [0.25, 0.3) is 0 Å². The number of carbonyl (C=O) groups excluding carboxylic acids is 1. The lowest BCUT2D eigenvalue weighted by Gasteiger charge is -2.41. The van der Waals surface area contributed by atoms with E-state index < -0.39 is 0 Å². The molecule has 1 saturated carbocycles. The van der Waals surface area contributed by atoms with Crippen molar-refractivity contribution < 1.29 is 9.53 Å². The molecule has 3 nitrogen and oxygen atoms in total. The molecule has 3 heteroatoms. The predicted molar refractivity (Wildman–Crippen MR) is 72.6 cm³/mol. The third-order valence-electron chi connectivity index (χ3n) is 4.71. The Morgan fingerprint density at radius 2 is 2.22 bits per heavy atom. The van der Waals surface area contributed by atoms with Crippen molar-refractivity contribution in [1.82, 2.24) is 4.90 Å². The van der Waals surface area contributed by atoms with Crippen LogP contribution >= 0.6 is 0 Å². The van der Waals surface area contributed by atoms with Crippen molar-refractivity contribution in [2.45, 2.75) is 51.6 Å². The Labute approximate surface area is 111 Å². The van der Waals surface area contributed by atoms with Gasteiger partial charge in [-0.15, -0.1) is 0 Å². The fraction of sp³-hybridized carbons (Fsp3) is 0.933. The average Bonchev–Trinajstić information content (AvgIpc) is 2.39. The highest BCUT2D eigenvalue weighted by Crippen LogP contribution is 2.38. The van der Waals surface area contributed by atoms with Gasteiger partial charge in [-0.3, -0.25) is 4.90 Å². The lowest BCUT2D eigenvalue weighted by molar-refractivity contribution is -0.120. The second-order valence-electron chi connectivity index (χ2n) is 6.42. The van der Waals surface area contributed by atoms with Crippen LogP contribution in [-0.4, -0.2) is 44.0 Å². The van der Waals surface area contributed by atoms with Gasteiger partial charge in [-0.05, 0) is 38.1 Å². The maximum Gasteiger partial charge on any atom is 0.127 e. The second-order valence-corrected chi connectivity index (χ2v) is 6.42. The predicted octanol–water partition coefficient (Wildman–Crippen LogP) is 2.49. The number of ether oxygens (including phenoxy) is 1. The normalized spacial score (nSPS) is 38.6. The maximum atomic E-state index is 11.6. The van der Waals surface area contributed by atoms with Gasteiger partial charge in [0.25, 0.3) is 0 Å². The van der Waals surface area contributed by atoms with E-state index in [1.54, 1.807) is 7.11 Å². The van der Waals surface area contributed by atoms with Gasteiger partial charge < -0.3 is 9.53 Å². The zero-order valence-electron chi connectivity index (χ0n) is 11.9. The first kappa shape index (κ1) is 14.0. The molecule has 0 spiro atoms. The summed E-state index contributed by atoms with van der Waals surface area (Å²) in [6.07, 6.45) is 8.63. The van der Waals surface area contributed by atoms with E-state index >= 15 is 0 Å². The number of hydrogen-bond acceptors (Lipinski definition) is 3. The number of likely N-dealkylation sites (tertiary alicyclic amines) is 1. The van der Waals surface area contributed by atoms with Gasteiger partial charge in [0.05, 0.1) is 6.10 Å². The Kier molecular flexibility index (Phi) is 4.79. The SMILES string of the molecule is COC1CCCN(CC2(C=O)CCCC(C)C2)C1. The van der Waals surface area contributed by atoms with E-state index in [2.05, 4.69) is 11.8 Å². The topological polar surface area (TPSA) is 29.5 Å². The first-order valence-corrected chi connectivity index (χ1v) is 7.39. The summed E-state index contributed by atoms with van der Waals surface area (Å²) < 4.78 is 5.47. The summed E-state index contributed by atoms with van der Waals surface area (Å²) in [6.45, 7) is 5.36. The summed E-state index contributed by atoms with van der Waals surface area (Å²) in [5.74, 6) is 0.701. The number of carbonyl (C=O) groups is 1. The largest absolute Gasteiger partial charge is 0.380 e. The molecule has 0 N–H and O–H groups in total. The van der Waals surface area contributed by atoms with Crippen LogP contribution in [-0.2, 0) is 9.53 Å². The van der Waals surface area contributed by atoms with E-state index in [9.17, 15) is 4.79 Å². The third-order valence-corrected chi connectivity index (χ3v) is 4.71. The zero-order chi connectivity index (χ0) is 13.0. The number of rotatable bonds is 4. The summed E-state index contributed by atoms with van der Waals surface area (Å²) in [6, 6.07) is 0. The van der Waals surface area contributed by atoms with E-state index in [1.165, 1.54) is 25.5 Å². The van der Waals surface area contributed by atoms with Gasteiger partial charge in [0.15, 0.2) is 0 Å². The van der Waals surface area contributed by atoms with Crippen molar-refractivity contribution in [1.29, 1.82) is 0 Å². The van der Waals surface area contributed by atoms with Crippen LogP contribution in [0.2, 0.25) is 0 Å². The minimum Gasteiger partial charge on any atom is -0.380 e. The van der Waals surface area contributed by atoms with E-state index in [0.29, 0.717) is 12.0 Å². The number of hydrogen-bond donors (Lipinski definition) is 0. The highest BCUT2D eigenvalue weighted by molar-refractivity contribution is 5.60. The lowest BCUT2D eigenvalue weighted by atomic mass is 9.70. The summed E-state index contributed by atoms with van der Waals surface area (Å²) in [5, 5.41) is 0. The molecule has 0 aromatic heterocycles. The molecule has 18 heavy (non-hydrogen) atoms. The number of methoxy groups -OCH3 is 1. The first-order chi connectivity index (χ1) is 8.67. The molecule has 3 atom stereocenters. The summed E-state index contributed by atoms with van der Waals surface area (Å²) in [4.78, 5) is 14.0. The minimum atomic E-state index is -0.0761. The molecule has 0 aromatic carbocycles. The summed E-state index contributed by atoms with van der Waals surface area (Å²) in [5.41, 5.74) is -0.0761. The van der Waals surface area contributed by atoms with E-state index in [0.717, 1.165) is 38.9 Å². The van der Waals surface area contributed by atoms with Gasteiger partial charge in [0.1, 0.15) is 6.29 Å². The van der Waals surface area contributed by atoms with Crippen molar-refractivity contribution in [2.24, 2.45) is 11.3 Å². The Balaban J connectivity index is 1.94. The van der Waals surface area contributed by atoms with Crippen LogP contribution in [0.5, 0.6) is 0 Å². The fourth-order valence-electron chi connectivity index (χ4n) is 3.78. The highest BCUT2D eigenvalue weighted by atomic mass is 16.5. The number of aldehydes is 1. The molecule has 0 radical (unpaired) electrons. The van der Waals surface area contributed by atoms with Crippen molar-refractivity contribution in [3.63, 3.8) is 0 Å². The monoisotopic (exact) mass is 253 g/mol. The second kappa shape index (κ2) is 6.16. The van der Waals surface area contributed by atoms with Crippen LogP contribution in [0.4, 0.5) is 0 Å². The van der Waals surface area contributed by atoms with Crippen molar-refractivity contribution in [3.05, 3.63) is 0 Å². The van der Waals surface area contributed by atoms with Gasteiger partial charge >= 0.3 is 0 Å². The van der Waals surface area contributed by atoms with E-state index in [-0.39, 0.29) is 5.41 Å². The molecule has 1 aliphatic heterocycles. The molecule has 0 amide bonds. The third kappa shape index (κ3) is 3.33. The smallest absolute Gasteiger partial charge is 0.127 e. The Bertz CT molecular complexity index is 282. The first-order valence-electron chi connectivity index (χ1n) is 7.39. The maximum absolute atomic E-state index is 11.6. The Hall–Kier alpha value is -0.410. The molecular formula is C15H27NO2.